The van der Waals surface area contributed by atoms with Gasteiger partial charge in [-0.3, -0.25) is 23.4 Å². The third-order valence-electron chi connectivity index (χ3n) is 7.63. The van der Waals surface area contributed by atoms with Crippen LogP contribution >= 0.6 is 15.6 Å². The van der Waals surface area contributed by atoms with Gasteiger partial charge in [0.15, 0.2) is 12.5 Å². The van der Waals surface area contributed by atoms with Crippen LogP contribution in [0.2, 0.25) is 0 Å². The van der Waals surface area contributed by atoms with E-state index in [4.69, 9.17) is 28.0 Å². The summed E-state index contributed by atoms with van der Waals surface area (Å²) < 4.78 is 63.5. The lowest BCUT2D eigenvalue weighted by Gasteiger charge is -2.43. The molecular formula is C29H36N2O16P2. The highest BCUT2D eigenvalue weighted by Gasteiger charge is 2.50. The molecule has 1 aromatic heterocycles. The first-order valence-corrected chi connectivity index (χ1v) is 17.9. The number of aromatic amines is 1. The highest BCUT2D eigenvalue weighted by Crippen LogP contribution is 2.61. The fourth-order valence-corrected chi connectivity index (χ4v) is 7.38. The summed E-state index contributed by atoms with van der Waals surface area (Å²) in [5.74, 6) is 0. The molecule has 268 valence electrons. The molecule has 20 heteroatoms. The van der Waals surface area contributed by atoms with Crippen molar-refractivity contribution in [3.8, 4) is 0 Å². The number of ether oxygens (including phenoxy) is 4. The lowest BCUT2D eigenvalue weighted by molar-refractivity contribution is -0.291. The number of hydrogen-bond donors (Lipinski definition) is 6. The molecule has 5 rings (SSSR count). The fourth-order valence-electron chi connectivity index (χ4n) is 5.23. The molecule has 2 aromatic carbocycles. The van der Waals surface area contributed by atoms with Gasteiger partial charge in [-0.05, 0) is 18.1 Å². The highest BCUT2D eigenvalue weighted by atomic mass is 31.3. The van der Waals surface area contributed by atoms with Crippen molar-refractivity contribution < 1.29 is 66.5 Å². The highest BCUT2D eigenvalue weighted by molar-refractivity contribution is 7.61. The van der Waals surface area contributed by atoms with E-state index >= 15 is 0 Å². The Balaban J connectivity index is 1.22. The van der Waals surface area contributed by atoms with Gasteiger partial charge in [0.25, 0.3) is 5.56 Å². The summed E-state index contributed by atoms with van der Waals surface area (Å²) in [7, 11) is -11.0. The van der Waals surface area contributed by atoms with Crippen molar-refractivity contribution in [1.82, 2.24) is 9.55 Å². The third kappa shape index (κ3) is 9.67. The van der Waals surface area contributed by atoms with E-state index in [1.54, 1.807) is 31.2 Å². The second kappa shape index (κ2) is 16.0. The molecule has 2 aliphatic rings. The quantitative estimate of drug-likeness (QED) is 0.125. The van der Waals surface area contributed by atoms with Crippen molar-refractivity contribution in [2.24, 2.45) is 0 Å². The van der Waals surface area contributed by atoms with E-state index in [2.05, 4.69) is 4.31 Å². The number of hydrogen-bond acceptors (Lipinski definition) is 14. The van der Waals surface area contributed by atoms with Crippen LogP contribution in [-0.4, -0.2) is 90.3 Å². The molecule has 11 atom stereocenters. The van der Waals surface area contributed by atoms with E-state index in [9.17, 15) is 43.8 Å². The Kier molecular flexibility index (Phi) is 12.2. The molecule has 0 saturated carbocycles. The summed E-state index contributed by atoms with van der Waals surface area (Å²) in [6.07, 6.45) is -12.2. The Bertz CT molecular complexity index is 1740. The van der Waals surface area contributed by atoms with E-state index in [0.29, 0.717) is 0 Å². The molecule has 3 aromatic rings. The number of phosphoric acid groups is 2. The molecule has 3 heterocycles. The number of benzene rings is 2. The molecule has 6 N–H and O–H groups in total. The van der Waals surface area contributed by atoms with Crippen molar-refractivity contribution in [3.63, 3.8) is 0 Å². The molecule has 2 fully saturated rings. The van der Waals surface area contributed by atoms with E-state index in [1.165, 1.54) is 0 Å². The van der Waals surface area contributed by atoms with Gasteiger partial charge in [-0.2, -0.15) is 4.31 Å². The van der Waals surface area contributed by atoms with Gasteiger partial charge in [-0.25, -0.2) is 13.9 Å². The molecule has 49 heavy (non-hydrogen) atoms. The second-order valence-electron chi connectivity index (χ2n) is 11.2. The van der Waals surface area contributed by atoms with Crippen molar-refractivity contribution in [2.75, 3.05) is 6.61 Å². The predicted molar refractivity (Wildman–Crippen MR) is 165 cm³/mol. The van der Waals surface area contributed by atoms with Gasteiger partial charge in [0.2, 0.25) is 0 Å². The second-order valence-corrected chi connectivity index (χ2v) is 14.2. The first kappa shape index (κ1) is 37.4. The first-order chi connectivity index (χ1) is 23.2. The zero-order valence-electron chi connectivity index (χ0n) is 25.8. The number of nitrogens with zero attached hydrogens (tertiary/aromatic N) is 1. The average Bonchev–Trinajstić information content (AvgIpc) is 3.33. The molecule has 18 nitrogen and oxygen atoms in total. The van der Waals surface area contributed by atoms with Crippen LogP contribution in [0.3, 0.4) is 0 Å². The van der Waals surface area contributed by atoms with Crippen LogP contribution < -0.4 is 11.2 Å². The maximum atomic E-state index is 12.9. The number of aliphatic hydroxyl groups excluding tert-OH is 3. The summed E-state index contributed by atoms with van der Waals surface area (Å²) >= 11 is 0. The van der Waals surface area contributed by atoms with Gasteiger partial charge in [0, 0.05) is 12.3 Å². The Morgan fingerprint density at radius 3 is 1.98 bits per heavy atom. The SMILES string of the molecule is C[C@@H]1OC(OP(=O)(O)OP(=O)(O)OC[C@H]2O[C@@H](n3ccc(=O)[nH]c3=O)[C@H](O)[C@@H]2O)[C@@H](O)[C@H](OCc2ccccc2)[C@H]1OCc1ccccc1. The van der Waals surface area contributed by atoms with E-state index < -0.39 is 88.7 Å². The molecule has 0 amide bonds. The van der Waals surface area contributed by atoms with Crippen LogP contribution in [-0.2, 0) is 54.6 Å². The van der Waals surface area contributed by atoms with Crippen LogP contribution in [0.1, 0.15) is 24.3 Å². The molecule has 0 spiro atoms. The summed E-state index contributed by atoms with van der Waals surface area (Å²) in [6.45, 7) is 0.710. The van der Waals surface area contributed by atoms with Crippen molar-refractivity contribution in [3.05, 3.63) is 105 Å². The number of phosphoric ester groups is 2. The van der Waals surface area contributed by atoms with Crippen LogP contribution in [0.25, 0.3) is 0 Å². The average molecular weight is 731 g/mol. The lowest BCUT2D eigenvalue weighted by atomic mass is 9.99. The topological polar surface area (TPSA) is 255 Å². The number of nitrogens with one attached hydrogen (secondary N) is 1. The number of aliphatic hydroxyl groups is 3. The smallest absolute Gasteiger partial charge is 0.387 e. The number of H-pyrrole nitrogens is 1. The van der Waals surface area contributed by atoms with E-state index in [-0.39, 0.29) is 13.2 Å². The monoisotopic (exact) mass is 730 g/mol. The predicted octanol–water partition coefficient (Wildman–Crippen LogP) is 0.683. The molecule has 2 saturated heterocycles. The van der Waals surface area contributed by atoms with Crippen LogP contribution in [0, 0.1) is 0 Å². The first-order valence-electron chi connectivity index (χ1n) is 14.9. The standard InChI is InChI=1S/C29H36N2O16P2/c1-17-25(41-14-18-8-4-2-5-9-18)26(42-15-19-10-6-3-7-11-19)24(35)28(44-17)46-49(39,40)47-48(37,38)43-16-20-22(33)23(34)27(45-20)31-13-12-21(32)30-29(31)36/h2-13,17,20,22-28,33-35H,14-16H2,1H3,(H,37,38)(H,39,40)(H,30,32,36)/t17-,20+,22+,23+,24-,25-,26-,27+,28?/m0/s1. The summed E-state index contributed by atoms with van der Waals surface area (Å²) in [5.41, 5.74) is -0.121. The Labute approximate surface area is 278 Å². The molecule has 0 bridgehead atoms. The van der Waals surface area contributed by atoms with Gasteiger partial charge >= 0.3 is 21.3 Å². The summed E-state index contributed by atoms with van der Waals surface area (Å²) in [6, 6.07) is 19.1. The minimum absolute atomic E-state index is 0.0155. The fraction of sp³-hybridized carbons (Fsp3) is 0.448. The Morgan fingerprint density at radius 2 is 1.39 bits per heavy atom. The van der Waals surface area contributed by atoms with Crippen molar-refractivity contribution >= 4 is 15.6 Å². The lowest BCUT2D eigenvalue weighted by Crippen LogP contribution is -2.58. The van der Waals surface area contributed by atoms with E-state index in [1.807, 2.05) is 41.4 Å². The minimum Gasteiger partial charge on any atom is -0.387 e. The minimum atomic E-state index is -5.54. The van der Waals surface area contributed by atoms with Gasteiger partial charge < -0.3 is 44.1 Å². The molecule has 3 unspecified atom stereocenters. The molecule has 0 aliphatic carbocycles. The summed E-state index contributed by atoms with van der Waals surface area (Å²) in [5, 5.41) is 31.9. The zero-order chi connectivity index (χ0) is 35.3. The zero-order valence-corrected chi connectivity index (χ0v) is 27.6. The van der Waals surface area contributed by atoms with Gasteiger partial charge in [-0.15, -0.1) is 0 Å². The number of rotatable bonds is 14. The number of aromatic nitrogens is 2. The van der Waals surface area contributed by atoms with Crippen LogP contribution in [0.4, 0.5) is 0 Å². The van der Waals surface area contributed by atoms with Gasteiger partial charge in [0.05, 0.1) is 25.9 Å². The van der Waals surface area contributed by atoms with Gasteiger partial charge in [0.1, 0.15) is 36.6 Å². The Hall–Kier alpha value is -2.90. The summed E-state index contributed by atoms with van der Waals surface area (Å²) in [4.78, 5) is 46.0. The maximum absolute atomic E-state index is 12.9. The Morgan fingerprint density at radius 1 is 0.796 bits per heavy atom. The normalized spacial score (nSPS) is 31.2. The van der Waals surface area contributed by atoms with Crippen molar-refractivity contribution in [2.45, 2.75) is 75.4 Å². The molecule has 2 aliphatic heterocycles. The van der Waals surface area contributed by atoms with E-state index in [0.717, 1.165) is 28.0 Å². The van der Waals surface area contributed by atoms with Crippen molar-refractivity contribution in [1.29, 1.82) is 0 Å². The van der Waals surface area contributed by atoms with Gasteiger partial charge in [-0.1, -0.05) is 60.7 Å². The third-order valence-corrected chi connectivity index (χ3v) is 10.2. The van der Waals surface area contributed by atoms with Crippen LogP contribution in [0.15, 0.2) is 82.5 Å². The van der Waals surface area contributed by atoms with Crippen LogP contribution in [0.5, 0.6) is 0 Å². The molecular weight excluding hydrogens is 694 g/mol. The maximum Gasteiger partial charge on any atom is 0.483 e. The largest absolute Gasteiger partial charge is 0.483 e. The molecule has 0 radical (unpaired) electrons.